The molecule has 0 aromatic heterocycles. The molecule has 1 N–H and O–H groups in total. The summed E-state index contributed by atoms with van der Waals surface area (Å²) in [5.41, 5.74) is 3.73. The van der Waals surface area contributed by atoms with Crippen LogP contribution in [0.25, 0.3) is 11.1 Å². The number of rotatable bonds is 5. The van der Waals surface area contributed by atoms with Gasteiger partial charge < -0.3 is 10.1 Å². The van der Waals surface area contributed by atoms with Crippen LogP contribution < -0.4 is 10.1 Å². The summed E-state index contributed by atoms with van der Waals surface area (Å²) in [5, 5.41) is 3.41. The topological polar surface area (TPSA) is 24.5 Å². The molecule has 1 heterocycles. The van der Waals surface area contributed by atoms with Crippen molar-refractivity contribution in [2.75, 3.05) is 27.2 Å². The van der Waals surface area contributed by atoms with Crippen molar-refractivity contribution in [1.82, 2.24) is 10.2 Å². The predicted octanol–water partition coefficient (Wildman–Crippen LogP) is 3.97. The largest absolute Gasteiger partial charge is 0.496 e. The average Bonchev–Trinajstić information content (AvgIpc) is 2.62. The van der Waals surface area contributed by atoms with E-state index in [2.05, 4.69) is 53.7 Å². The van der Waals surface area contributed by atoms with Crippen LogP contribution >= 0.6 is 12.4 Å². The second kappa shape index (κ2) is 9.07. The lowest BCUT2D eigenvalue weighted by Gasteiger charge is -2.32. The van der Waals surface area contributed by atoms with Gasteiger partial charge in [-0.25, -0.2) is 0 Å². The van der Waals surface area contributed by atoms with Gasteiger partial charge in [0.2, 0.25) is 0 Å². The smallest absolute Gasteiger partial charge is 0.126 e. The van der Waals surface area contributed by atoms with Crippen LogP contribution in [0.5, 0.6) is 5.75 Å². The van der Waals surface area contributed by atoms with Crippen molar-refractivity contribution in [3.63, 3.8) is 0 Å². The summed E-state index contributed by atoms with van der Waals surface area (Å²) in [6.07, 6.45) is 2.57. The Kier molecular flexibility index (Phi) is 7.10. The van der Waals surface area contributed by atoms with Crippen molar-refractivity contribution in [2.24, 2.45) is 0 Å². The fraction of sp³-hybridized carbons (Fsp3) is 0.400. The number of nitrogens with zero attached hydrogens (tertiary/aromatic N) is 1. The van der Waals surface area contributed by atoms with Crippen LogP contribution in [0.3, 0.4) is 0 Å². The molecule has 2 aromatic carbocycles. The highest BCUT2D eigenvalue weighted by Crippen LogP contribution is 2.29. The Hall–Kier alpha value is -1.55. The minimum Gasteiger partial charge on any atom is -0.496 e. The molecule has 2 aromatic rings. The maximum atomic E-state index is 5.46. The fourth-order valence-electron chi connectivity index (χ4n) is 3.37. The van der Waals surface area contributed by atoms with E-state index < -0.39 is 0 Å². The lowest BCUT2D eigenvalue weighted by atomic mass is 10.0. The number of benzene rings is 2. The van der Waals surface area contributed by atoms with Crippen LogP contribution in [-0.4, -0.2) is 38.2 Å². The monoisotopic (exact) mass is 346 g/mol. The first-order valence-electron chi connectivity index (χ1n) is 8.42. The van der Waals surface area contributed by atoms with Crippen molar-refractivity contribution in [3.05, 3.63) is 54.1 Å². The number of hydrogen-bond acceptors (Lipinski definition) is 3. The second-order valence-electron chi connectivity index (χ2n) is 6.26. The quantitative estimate of drug-likeness (QED) is 0.886. The second-order valence-corrected chi connectivity index (χ2v) is 6.26. The van der Waals surface area contributed by atoms with E-state index >= 15 is 0 Å². The normalized spacial score (nSPS) is 18.0. The molecule has 0 amide bonds. The summed E-state index contributed by atoms with van der Waals surface area (Å²) < 4.78 is 5.46. The van der Waals surface area contributed by atoms with Crippen molar-refractivity contribution in [3.8, 4) is 16.9 Å². The number of nitrogens with one attached hydrogen (secondary N) is 1. The molecule has 0 bridgehead atoms. The maximum Gasteiger partial charge on any atom is 0.126 e. The molecular formula is C20H27ClN2O. The zero-order valence-corrected chi connectivity index (χ0v) is 15.3. The number of para-hydroxylation sites is 1. The summed E-state index contributed by atoms with van der Waals surface area (Å²) in [6, 6.07) is 17.7. The first kappa shape index (κ1) is 18.8. The third kappa shape index (κ3) is 4.50. The van der Waals surface area contributed by atoms with Gasteiger partial charge in [-0.1, -0.05) is 42.5 Å². The summed E-state index contributed by atoms with van der Waals surface area (Å²) >= 11 is 0. The van der Waals surface area contributed by atoms with E-state index in [1.807, 2.05) is 12.1 Å². The van der Waals surface area contributed by atoms with Gasteiger partial charge in [-0.2, -0.15) is 0 Å². The fourth-order valence-corrected chi connectivity index (χ4v) is 3.37. The van der Waals surface area contributed by atoms with Crippen LogP contribution in [0.15, 0.2) is 48.5 Å². The Bertz CT molecular complexity index is 630. The number of likely N-dealkylation sites (tertiary alicyclic amines) is 1. The van der Waals surface area contributed by atoms with Gasteiger partial charge >= 0.3 is 0 Å². The summed E-state index contributed by atoms with van der Waals surface area (Å²) in [4.78, 5) is 2.54. The Morgan fingerprint density at radius 2 is 1.88 bits per heavy atom. The molecule has 1 saturated heterocycles. The molecule has 0 saturated carbocycles. The standard InChI is InChI=1S/C20H26N2O.ClH/c1-21-18-6-5-13-22(15-18)14-16-9-11-17(12-10-16)19-7-3-4-8-20(19)23-2;/h3-4,7-12,18,21H,5-6,13-15H2,1-2H3;1H. The molecule has 24 heavy (non-hydrogen) atoms. The van der Waals surface area contributed by atoms with Crippen LogP contribution in [0, 0.1) is 0 Å². The van der Waals surface area contributed by atoms with Crippen LogP contribution in [-0.2, 0) is 6.54 Å². The molecule has 3 rings (SSSR count). The van der Waals surface area contributed by atoms with E-state index in [-0.39, 0.29) is 12.4 Å². The lowest BCUT2D eigenvalue weighted by molar-refractivity contribution is 0.188. The number of halogens is 1. The Morgan fingerprint density at radius 3 is 2.58 bits per heavy atom. The average molecular weight is 347 g/mol. The van der Waals surface area contributed by atoms with E-state index in [4.69, 9.17) is 4.74 Å². The Balaban J connectivity index is 0.00000208. The van der Waals surface area contributed by atoms with Crippen molar-refractivity contribution in [2.45, 2.75) is 25.4 Å². The molecule has 130 valence electrons. The van der Waals surface area contributed by atoms with Gasteiger partial charge in [0.1, 0.15) is 5.75 Å². The molecule has 0 radical (unpaired) electrons. The molecule has 1 atom stereocenters. The molecule has 3 nitrogen and oxygen atoms in total. The van der Waals surface area contributed by atoms with Crippen molar-refractivity contribution >= 4 is 12.4 Å². The van der Waals surface area contributed by atoms with Crippen LogP contribution in [0.1, 0.15) is 18.4 Å². The molecule has 1 aliphatic heterocycles. The predicted molar refractivity (Wildman–Crippen MR) is 103 cm³/mol. The zero-order chi connectivity index (χ0) is 16.1. The van der Waals surface area contributed by atoms with Gasteiger partial charge in [-0.3, -0.25) is 4.90 Å². The van der Waals surface area contributed by atoms with Gasteiger partial charge in [0.05, 0.1) is 7.11 Å². The third-order valence-corrected chi connectivity index (χ3v) is 4.69. The first-order valence-corrected chi connectivity index (χ1v) is 8.42. The molecule has 0 aliphatic carbocycles. The number of hydrogen-bond donors (Lipinski definition) is 1. The van der Waals surface area contributed by atoms with Crippen molar-refractivity contribution in [1.29, 1.82) is 0 Å². The number of ether oxygens (including phenoxy) is 1. The molecule has 1 fully saturated rings. The van der Waals surface area contributed by atoms with Crippen LogP contribution in [0.4, 0.5) is 0 Å². The minimum atomic E-state index is 0. The van der Waals surface area contributed by atoms with E-state index in [1.54, 1.807) is 7.11 Å². The van der Waals surface area contributed by atoms with E-state index in [0.29, 0.717) is 6.04 Å². The van der Waals surface area contributed by atoms with Crippen LogP contribution in [0.2, 0.25) is 0 Å². The summed E-state index contributed by atoms with van der Waals surface area (Å²) in [5.74, 6) is 0.924. The molecular weight excluding hydrogens is 320 g/mol. The molecule has 4 heteroatoms. The highest BCUT2D eigenvalue weighted by Gasteiger charge is 2.18. The van der Waals surface area contributed by atoms with E-state index in [9.17, 15) is 0 Å². The first-order chi connectivity index (χ1) is 11.3. The number of likely N-dealkylation sites (N-methyl/N-ethyl adjacent to an activating group) is 1. The van der Waals surface area contributed by atoms with Gasteiger partial charge in [-0.05, 0) is 43.6 Å². The number of methoxy groups -OCH3 is 1. The highest BCUT2D eigenvalue weighted by atomic mass is 35.5. The SMILES string of the molecule is CNC1CCCN(Cc2ccc(-c3ccccc3OC)cc2)C1.Cl. The molecule has 0 spiro atoms. The third-order valence-electron chi connectivity index (χ3n) is 4.69. The molecule has 1 unspecified atom stereocenters. The minimum absolute atomic E-state index is 0. The summed E-state index contributed by atoms with van der Waals surface area (Å²) in [6.45, 7) is 3.38. The molecule has 1 aliphatic rings. The zero-order valence-electron chi connectivity index (χ0n) is 14.5. The lowest BCUT2D eigenvalue weighted by Crippen LogP contribution is -2.43. The van der Waals surface area contributed by atoms with E-state index in [1.165, 1.54) is 30.5 Å². The number of piperidine rings is 1. The summed E-state index contributed by atoms with van der Waals surface area (Å²) in [7, 11) is 3.79. The maximum absolute atomic E-state index is 5.46. The Labute approximate surface area is 151 Å². The van der Waals surface area contributed by atoms with Gasteiger partial charge in [-0.15, -0.1) is 12.4 Å². The van der Waals surface area contributed by atoms with Crippen molar-refractivity contribution < 1.29 is 4.74 Å². The van der Waals surface area contributed by atoms with Gasteiger partial charge in [0.15, 0.2) is 0 Å². The van der Waals surface area contributed by atoms with Gasteiger partial charge in [0.25, 0.3) is 0 Å². The Morgan fingerprint density at radius 1 is 1.12 bits per heavy atom. The highest BCUT2D eigenvalue weighted by molar-refractivity contribution is 5.85. The van der Waals surface area contributed by atoms with E-state index in [0.717, 1.165) is 24.4 Å². The van der Waals surface area contributed by atoms with Gasteiger partial charge in [0, 0.05) is 24.7 Å².